The van der Waals surface area contributed by atoms with Crippen LogP contribution in [0.1, 0.15) is 50.3 Å². The Labute approximate surface area is 136 Å². The Bertz CT molecular complexity index is 617. The standard InChI is InChI=1S/C17H19F6N/c1-9(2)16-4-3-14(24(16)8-11(18)7-16)10-5-12(19)15(13(20)6-10)17(21,22)23/h5-6,9,11,14H,3-4,7-8H2,1-2H3/t11-,14-,16+/m1/s1. The molecule has 0 unspecified atom stereocenters. The Morgan fingerprint density at radius 2 is 1.75 bits per heavy atom. The van der Waals surface area contributed by atoms with Crippen molar-refractivity contribution in [3.8, 4) is 0 Å². The van der Waals surface area contributed by atoms with Crippen LogP contribution < -0.4 is 0 Å². The third-order valence-electron chi connectivity index (χ3n) is 5.58. The molecule has 24 heavy (non-hydrogen) atoms. The van der Waals surface area contributed by atoms with Crippen molar-refractivity contribution in [3.05, 3.63) is 34.9 Å². The van der Waals surface area contributed by atoms with Crippen molar-refractivity contribution in [2.45, 2.75) is 57.0 Å². The number of nitrogens with zero attached hydrogens (tertiary/aromatic N) is 1. The topological polar surface area (TPSA) is 3.24 Å². The molecule has 1 aromatic carbocycles. The summed E-state index contributed by atoms with van der Waals surface area (Å²) in [6, 6.07) is 1.04. The number of hydrogen-bond acceptors (Lipinski definition) is 1. The van der Waals surface area contributed by atoms with Gasteiger partial charge in [0.25, 0.3) is 0 Å². The number of benzene rings is 1. The molecule has 0 amide bonds. The molecule has 0 aromatic heterocycles. The summed E-state index contributed by atoms with van der Waals surface area (Å²) in [6.45, 7) is 4.09. The van der Waals surface area contributed by atoms with Crippen molar-refractivity contribution in [2.75, 3.05) is 6.54 Å². The minimum Gasteiger partial charge on any atom is -0.287 e. The second-order valence-electron chi connectivity index (χ2n) is 7.12. The van der Waals surface area contributed by atoms with Gasteiger partial charge in [0, 0.05) is 18.1 Å². The third kappa shape index (κ3) is 2.61. The Hall–Kier alpha value is -1.24. The van der Waals surface area contributed by atoms with E-state index in [-0.39, 0.29) is 23.6 Å². The van der Waals surface area contributed by atoms with Gasteiger partial charge in [-0.15, -0.1) is 0 Å². The van der Waals surface area contributed by atoms with Crippen LogP contribution in [0.3, 0.4) is 0 Å². The van der Waals surface area contributed by atoms with Crippen LogP contribution in [0, 0.1) is 17.6 Å². The summed E-state index contributed by atoms with van der Waals surface area (Å²) in [5, 5.41) is 0. The Morgan fingerprint density at radius 3 is 2.25 bits per heavy atom. The lowest BCUT2D eigenvalue weighted by molar-refractivity contribution is -0.142. The summed E-state index contributed by atoms with van der Waals surface area (Å²) in [7, 11) is 0. The number of rotatable bonds is 2. The Balaban J connectivity index is 1.99. The third-order valence-corrected chi connectivity index (χ3v) is 5.58. The number of fused-ring (bicyclic) bond motifs is 1. The van der Waals surface area contributed by atoms with Gasteiger partial charge in [-0.2, -0.15) is 13.2 Å². The van der Waals surface area contributed by atoms with E-state index in [1.54, 1.807) is 0 Å². The average molecular weight is 351 g/mol. The average Bonchev–Trinajstić information content (AvgIpc) is 2.91. The largest absolute Gasteiger partial charge is 0.422 e. The van der Waals surface area contributed by atoms with Crippen molar-refractivity contribution in [1.29, 1.82) is 0 Å². The zero-order valence-corrected chi connectivity index (χ0v) is 13.4. The molecular formula is C17H19F6N. The quantitative estimate of drug-likeness (QED) is 0.657. The Kier molecular flexibility index (Phi) is 4.13. The molecule has 0 aliphatic carbocycles. The minimum absolute atomic E-state index is 0.146. The molecular weight excluding hydrogens is 332 g/mol. The van der Waals surface area contributed by atoms with Crippen LogP contribution >= 0.6 is 0 Å². The molecule has 0 radical (unpaired) electrons. The van der Waals surface area contributed by atoms with E-state index in [0.29, 0.717) is 19.3 Å². The highest BCUT2D eigenvalue weighted by Crippen LogP contribution is 2.53. The van der Waals surface area contributed by atoms with Gasteiger partial charge in [0.1, 0.15) is 23.4 Å². The van der Waals surface area contributed by atoms with Gasteiger partial charge >= 0.3 is 6.18 Å². The fourth-order valence-electron chi connectivity index (χ4n) is 4.44. The zero-order chi connectivity index (χ0) is 17.9. The zero-order valence-electron chi connectivity index (χ0n) is 13.4. The van der Waals surface area contributed by atoms with Crippen LogP contribution in [0.25, 0.3) is 0 Å². The maximum absolute atomic E-state index is 14.0. The second-order valence-corrected chi connectivity index (χ2v) is 7.12. The van der Waals surface area contributed by atoms with Crippen molar-refractivity contribution in [1.82, 2.24) is 4.90 Å². The molecule has 2 heterocycles. The maximum Gasteiger partial charge on any atom is 0.422 e. The molecule has 0 N–H and O–H groups in total. The van der Waals surface area contributed by atoms with E-state index >= 15 is 0 Å². The van der Waals surface area contributed by atoms with Crippen molar-refractivity contribution < 1.29 is 26.3 Å². The lowest BCUT2D eigenvalue weighted by Crippen LogP contribution is -2.43. The first-order valence-electron chi connectivity index (χ1n) is 8.03. The van der Waals surface area contributed by atoms with Crippen LogP contribution in [0.5, 0.6) is 0 Å². The first kappa shape index (κ1) is 17.6. The molecule has 2 fully saturated rings. The summed E-state index contributed by atoms with van der Waals surface area (Å²) in [4.78, 5) is 1.89. The highest BCUT2D eigenvalue weighted by molar-refractivity contribution is 5.32. The fraction of sp³-hybridized carbons (Fsp3) is 0.647. The Morgan fingerprint density at radius 1 is 1.17 bits per heavy atom. The second kappa shape index (κ2) is 5.64. The lowest BCUT2D eigenvalue weighted by Gasteiger charge is -2.38. The molecule has 7 heteroatoms. The predicted octanol–water partition coefficient (Wildman–Crippen LogP) is 5.26. The van der Waals surface area contributed by atoms with Gasteiger partial charge in [0.15, 0.2) is 0 Å². The number of hydrogen-bond donors (Lipinski definition) is 0. The van der Waals surface area contributed by atoms with Crippen LogP contribution in [0.4, 0.5) is 26.3 Å². The molecule has 134 valence electrons. The summed E-state index contributed by atoms with van der Waals surface area (Å²) >= 11 is 0. The summed E-state index contributed by atoms with van der Waals surface area (Å²) < 4.78 is 79.9. The van der Waals surface area contributed by atoms with Crippen LogP contribution in [0.2, 0.25) is 0 Å². The van der Waals surface area contributed by atoms with Crippen molar-refractivity contribution >= 4 is 0 Å². The molecule has 1 nitrogen and oxygen atoms in total. The molecule has 0 bridgehead atoms. The summed E-state index contributed by atoms with van der Waals surface area (Å²) in [5.41, 5.74) is -2.11. The normalized spacial score (nSPS) is 31.0. The summed E-state index contributed by atoms with van der Waals surface area (Å²) in [5.74, 6) is -3.08. The van der Waals surface area contributed by atoms with Crippen LogP contribution in [-0.4, -0.2) is 23.2 Å². The van der Waals surface area contributed by atoms with Crippen molar-refractivity contribution in [2.24, 2.45) is 5.92 Å². The molecule has 0 saturated carbocycles. The molecule has 0 spiro atoms. The van der Waals surface area contributed by atoms with E-state index in [2.05, 4.69) is 0 Å². The van der Waals surface area contributed by atoms with Gasteiger partial charge in [0.05, 0.1) is 0 Å². The summed E-state index contributed by atoms with van der Waals surface area (Å²) in [6.07, 6.45) is -4.54. The van der Waals surface area contributed by atoms with E-state index in [9.17, 15) is 26.3 Å². The van der Waals surface area contributed by atoms with Gasteiger partial charge < -0.3 is 0 Å². The van der Waals surface area contributed by atoms with Gasteiger partial charge in [-0.05, 0) is 42.9 Å². The van der Waals surface area contributed by atoms with Gasteiger partial charge in [0.2, 0.25) is 0 Å². The van der Waals surface area contributed by atoms with E-state index in [1.165, 1.54) is 0 Å². The lowest BCUT2D eigenvalue weighted by atomic mass is 9.82. The first-order valence-corrected chi connectivity index (χ1v) is 8.03. The number of halogens is 6. The van der Waals surface area contributed by atoms with Gasteiger partial charge in [-0.1, -0.05) is 13.8 Å². The van der Waals surface area contributed by atoms with E-state index < -0.39 is 35.6 Å². The molecule has 3 rings (SSSR count). The highest BCUT2D eigenvalue weighted by Gasteiger charge is 2.54. The minimum atomic E-state index is -5.08. The maximum atomic E-state index is 14.0. The van der Waals surface area contributed by atoms with Crippen LogP contribution in [0.15, 0.2) is 12.1 Å². The van der Waals surface area contributed by atoms with E-state index in [4.69, 9.17) is 0 Å². The molecule has 2 aliphatic rings. The van der Waals surface area contributed by atoms with Gasteiger partial charge in [-0.3, -0.25) is 4.90 Å². The fourth-order valence-corrected chi connectivity index (χ4v) is 4.44. The number of alkyl halides is 4. The monoisotopic (exact) mass is 351 g/mol. The molecule has 1 aromatic rings. The smallest absolute Gasteiger partial charge is 0.287 e. The first-order chi connectivity index (χ1) is 11.1. The SMILES string of the molecule is CC(C)[C@@]12CC[C@H](c3cc(F)c(C(F)(F)F)c(F)c3)N1C[C@H](F)C2. The highest BCUT2D eigenvalue weighted by atomic mass is 19.4. The molecule has 3 atom stereocenters. The van der Waals surface area contributed by atoms with E-state index in [1.807, 2.05) is 18.7 Å². The van der Waals surface area contributed by atoms with Crippen LogP contribution in [-0.2, 0) is 6.18 Å². The van der Waals surface area contributed by atoms with Crippen molar-refractivity contribution in [3.63, 3.8) is 0 Å². The molecule has 2 aliphatic heterocycles. The predicted molar refractivity (Wildman–Crippen MR) is 77.1 cm³/mol. The van der Waals surface area contributed by atoms with Gasteiger partial charge in [-0.25, -0.2) is 13.2 Å². The van der Waals surface area contributed by atoms with E-state index in [0.717, 1.165) is 12.1 Å². The molecule has 2 saturated heterocycles.